The van der Waals surface area contributed by atoms with E-state index in [2.05, 4.69) is 32.1 Å². The van der Waals surface area contributed by atoms with Crippen molar-refractivity contribution in [2.45, 2.75) is 19.9 Å². The minimum absolute atomic E-state index is 0.715. The molecule has 19 heavy (non-hydrogen) atoms. The first kappa shape index (κ1) is 13.3. The highest BCUT2D eigenvalue weighted by Crippen LogP contribution is 2.16. The summed E-state index contributed by atoms with van der Waals surface area (Å²) in [6, 6.07) is 1.95. The van der Waals surface area contributed by atoms with Crippen LogP contribution < -0.4 is 10.2 Å². The maximum absolute atomic E-state index is 4.55. The van der Waals surface area contributed by atoms with Crippen LogP contribution in [0.4, 0.5) is 11.6 Å². The lowest BCUT2D eigenvalue weighted by molar-refractivity contribution is 0.751. The maximum atomic E-state index is 4.55. The number of hydrogen-bond donors (Lipinski definition) is 1. The minimum atomic E-state index is 0.715. The molecule has 0 saturated carbocycles. The first-order valence-electron chi connectivity index (χ1n) is 6.37. The summed E-state index contributed by atoms with van der Waals surface area (Å²) in [7, 11) is 5.87. The van der Waals surface area contributed by atoms with Gasteiger partial charge in [0, 0.05) is 46.0 Å². The molecular weight excluding hydrogens is 240 g/mol. The van der Waals surface area contributed by atoms with E-state index in [0.717, 1.165) is 29.7 Å². The number of anilines is 2. The largest absolute Gasteiger partial charge is 0.373 e. The summed E-state index contributed by atoms with van der Waals surface area (Å²) in [6.45, 7) is 2.77. The number of hydrogen-bond acceptors (Lipinski definition) is 5. The number of rotatable bonds is 5. The Morgan fingerprint density at radius 1 is 1.37 bits per heavy atom. The number of aromatic nitrogens is 4. The Balaban J connectivity index is 2.23. The first-order valence-corrected chi connectivity index (χ1v) is 6.37. The van der Waals surface area contributed by atoms with Crippen molar-refractivity contribution >= 4 is 11.6 Å². The standard InChI is InChI=1S/C13H20N6/c1-5-10-16-11(14-2)8-12(17-10)19(4)9-13-15-6-7-18(13)3/h6-8H,5,9H2,1-4H3,(H,14,16,17). The summed E-state index contributed by atoms with van der Waals surface area (Å²) in [5.41, 5.74) is 0. The molecule has 6 nitrogen and oxygen atoms in total. The molecule has 1 N–H and O–H groups in total. The van der Waals surface area contributed by atoms with Gasteiger partial charge >= 0.3 is 0 Å². The Morgan fingerprint density at radius 3 is 2.74 bits per heavy atom. The molecule has 0 amide bonds. The summed E-state index contributed by atoms with van der Waals surface area (Å²) in [6.07, 6.45) is 4.57. The molecule has 0 aliphatic heterocycles. The molecule has 0 aromatic carbocycles. The zero-order valence-electron chi connectivity index (χ0n) is 11.9. The highest BCUT2D eigenvalue weighted by atomic mass is 15.2. The Kier molecular flexibility index (Phi) is 3.99. The fourth-order valence-electron chi connectivity index (χ4n) is 1.81. The fourth-order valence-corrected chi connectivity index (χ4v) is 1.81. The molecule has 0 atom stereocenters. The molecule has 0 spiro atoms. The van der Waals surface area contributed by atoms with Crippen LogP contribution in [0.15, 0.2) is 18.5 Å². The topological polar surface area (TPSA) is 58.9 Å². The summed E-state index contributed by atoms with van der Waals surface area (Å²) in [4.78, 5) is 15.3. The molecule has 2 heterocycles. The third-order valence-corrected chi connectivity index (χ3v) is 3.02. The van der Waals surface area contributed by atoms with Crippen LogP contribution in [-0.4, -0.2) is 33.6 Å². The average Bonchev–Trinajstić information content (AvgIpc) is 2.83. The van der Waals surface area contributed by atoms with Crippen molar-refractivity contribution < 1.29 is 0 Å². The van der Waals surface area contributed by atoms with Gasteiger partial charge in [0.05, 0.1) is 6.54 Å². The van der Waals surface area contributed by atoms with Crippen LogP contribution in [-0.2, 0) is 20.0 Å². The van der Waals surface area contributed by atoms with Gasteiger partial charge in [-0.1, -0.05) is 6.92 Å². The van der Waals surface area contributed by atoms with E-state index in [9.17, 15) is 0 Å². The normalized spacial score (nSPS) is 10.5. The third-order valence-electron chi connectivity index (χ3n) is 3.02. The van der Waals surface area contributed by atoms with Crippen molar-refractivity contribution in [2.24, 2.45) is 7.05 Å². The highest BCUT2D eigenvalue weighted by Gasteiger charge is 2.09. The Labute approximate surface area is 113 Å². The molecule has 2 rings (SSSR count). The van der Waals surface area contributed by atoms with Crippen LogP contribution in [0.2, 0.25) is 0 Å². The summed E-state index contributed by atoms with van der Waals surface area (Å²) < 4.78 is 2.01. The van der Waals surface area contributed by atoms with E-state index in [1.54, 1.807) is 6.20 Å². The quantitative estimate of drug-likeness (QED) is 0.881. The number of imidazole rings is 1. The van der Waals surface area contributed by atoms with Gasteiger partial charge in [0.2, 0.25) is 0 Å². The molecule has 6 heteroatoms. The van der Waals surface area contributed by atoms with E-state index in [0.29, 0.717) is 6.54 Å². The molecule has 0 radical (unpaired) electrons. The zero-order chi connectivity index (χ0) is 13.8. The third kappa shape index (κ3) is 3.01. The number of aryl methyl sites for hydroxylation is 2. The molecule has 102 valence electrons. The van der Waals surface area contributed by atoms with Crippen LogP contribution in [0.3, 0.4) is 0 Å². The highest BCUT2D eigenvalue weighted by molar-refractivity contribution is 5.48. The summed E-state index contributed by atoms with van der Waals surface area (Å²) in [5, 5.41) is 3.07. The predicted molar refractivity (Wildman–Crippen MR) is 76.3 cm³/mol. The van der Waals surface area contributed by atoms with Gasteiger partial charge < -0.3 is 14.8 Å². The minimum Gasteiger partial charge on any atom is -0.373 e. The van der Waals surface area contributed by atoms with E-state index in [4.69, 9.17) is 0 Å². The monoisotopic (exact) mass is 260 g/mol. The molecule has 0 unspecified atom stereocenters. The molecule has 2 aromatic heterocycles. The van der Waals surface area contributed by atoms with Crippen molar-refractivity contribution in [1.82, 2.24) is 19.5 Å². The van der Waals surface area contributed by atoms with E-state index >= 15 is 0 Å². The van der Waals surface area contributed by atoms with Gasteiger partial charge in [0.1, 0.15) is 23.3 Å². The van der Waals surface area contributed by atoms with Gasteiger partial charge in [-0.25, -0.2) is 15.0 Å². The van der Waals surface area contributed by atoms with Crippen LogP contribution in [0, 0.1) is 0 Å². The Hall–Kier alpha value is -2.11. The zero-order valence-corrected chi connectivity index (χ0v) is 11.9. The van der Waals surface area contributed by atoms with Gasteiger partial charge in [0.15, 0.2) is 0 Å². The maximum Gasteiger partial charge on any atom is 0.134 e. The summed E-state index contributed by atoms with van der Waals surface area (Å²) >= 11 is 0. The SMILES string of the molecule is CCc1nc(NC)cc(N(C)Cc2nccn2C)n1. The predicted octanol–water partition coefficient (Wildman–Crippen LogP) is 1.45. The van der Waals surface area contributed by atoms with E-state index in [1.807, 2.05) is 38.0 Å². The lowest BCUT2D eigenvalue weighted by Gasteiger charge is -2.19. The molecule has 0 bridgehead atoms. The van der Waals surface area contributed by atoms with Crippen molar-refractivity contribution in [2.75, 3.05) is 24.3 Å². The second kappa shape index (κ2) is 5.69. The van der Waals surface area contributed by atoms with Gasteiger partial charge in [-0.2, -0.15) is 0 Å². The lowest BCUT2D eigenvalue weighted by atomic mass is 10.4. The van der Waals surface area contributed by atoms with Gasteiger partial charge in [-0.15, -0.1) is 0 Å². The van der Waals surface area contributed by atoms with E-state index in [-0.39, 0.29) is 0 Å². The number of nitrogens with zero attached hydrogens (tertiary/aromatic N) is 5. The fraction of sp³-hybridized carbons (Fsp3) is 0.462. The molecule has 0 aliphatic rings. The van der Waals surface area contributed by atoms with Crippen molar-refractivity contribution in [1.29, 1.82) is 0 Å². The molecule has 0 aliphatic carbocycles. The first-order chi connectivity index (χ1) is 9.13. The van der Waals surface area contributed by atoms with Gasteiger partial charge in [0.25, 0.3) is 0 Å². The molecular formula is C13H20N6. The van der Waals surface area contributed by atoms with E-state index in [1.165, 1.54) is 0 Å². The molecule has 2 aromatic rings. The lowest BCUT2D eigenvalue weighted by Crippen LogP contribution is -2.21. The molecule has 0 saturated heterocycles. The second-order valence-electron chi connectivity index (χ2n) is 4.44. The van der Waals surface area contributed by atoms with E-state index < -0.39 is 0 Å². The van der Waals surface area contributed by atoms with Crippen molar-refractivity contribution in [3.05, 3.63) is 30.1 Å². The van der Waals surface area contributed by atoms with Crippen molar-refractivity contribution in [3.63, 3.8) is 0 Å². The summed E-state index contributed by atoms with van der Waals surface area (Å²) in [5.74, 6) is 3.59. The number of nitrogens with one attached hydrogen (secondary N) is 1. The van der Waals surface area contributed by atoms with Crippen LogP contribution in [0.1, 0.15) is 18.6 Å². The van der Waals surface area contributed by atoms with Gasteiger partial charge in [-0.3, -0.25) is 0 Å². The molecule has 0 fully saturated rings. The Bertz CT molecular complexity index is 526. The smallest absolute Gasteiger partial charge is 0.134 e. The van der Waals surface area contributed by atoms with Crippen LogP contribution in [0.25, 0.3) is 0 Å². The second-order valence-corrected chi connectivity index (χ2v) is 4.44. The Morgan fingerprint density at radius 2 is 2.16 bits per heavy atom. The van der Waals surface area contributed by atoms with Crippen molar-refractivity contribution in [3.8, 4) is 0 Å². The van der Waals surface area contributed by atoms with Gasteiger partial charge in [-0.05, 0) is 0 Å². The van der Waals surface area contributed by atoms with Crippen LogP contribution >= 0.6 is 0 Å². The average molecular weight is 260 g/mol. The van der Waals surface area contributed by atoms with Crippen LogP contribution in [0.5, 0.6) is 0 Å².